The van der Waals surface area contributed by atoms with Gasteiger partial charge >= 0.3 is 5.97 Å². The molecule has 0 atom stereocenters. The molecule has 1 aliphatic rings. The van der Waals surface area contributed by atoms with E-state index in [1.165, 1.54) is 0 Å². The van der Waals surface area contributed by atoms with Crippen molar-refractivity contribution < 1.29 is 9.53 Å². The summed E-state index contributed by atoms with van der Waals surface area (Å²) >= 11 is 0. The van der Waals surface area contributed by atoms with Gasteiger partial charge in [-0.2, -0.15) is 0 Å². The third-order valence-electron chi connectivity index (χ3n) is 2.74. The highest BCUT2D eigenvalue weighted by Crippen LogP contribution is 2.18. The molecule has 0 aromatic heterocycles. The fourth-order valence-corrected chi connectivity index (χ4v) is 1.84. The van der Waals surface area contributed by atoms with Crippen LogP contribution in [0.15, 0.2) is 0 Å². The number of esters is 1. The van der Waals surface area contributed by atoms with E-state index in [4.69, 9.17) is 11.3 Å². The minimum Gasteiger partial charge on any atom is -0.466 e. The zero-order valence-corrected chi connectivity index (χ0v) is 9.24. The Labute approximate surface area is 91.0 Å². The molecule has 0 bridgehead atoms. The molecule has 0 aliphatic carbocycles. The number of hydrogen-bond acceptors (Lipinski definition) is 3. The van der Waals surface area contributed by atoms with Gasteiger partial charge < -0.3 is 9.58 Å². The summed E-state index contributed by atoms with van der Waals surface area (Å²) in [4.78, 5) is 17.0. The van der Waals surface area contributed by atoms with Crippen molar-refractivity contribution in [3.8, 4) is 0 Å². The Morgan fingerprint density at radius 2 is 2.20 bits per heavy atom. The average molecular weight is 210 g/mol. The second-order valence-corrected chi connectivity index (χ2v) is 3.75. The summed E-state index contributed by atoms with van der Waals surface area (Å²) in [5.74, 6) is 0.0245. The van der Waals surface area contributed by atoms with Gasteiger partial charge in [-0.05, 0) is 32.9 Å². The van der Waals surface area contributed by atoms with Crippen molar-refractivity contribution in [3.05, 3.63) is 11.4 Å². The summed E-state index contributed by atoms with van der Waals surface area (Å²) in [6.45, 7) is 12.2. The minimum absolute atomic E-state index is 0.0534. The van der Waals surface area contributed by atoms with Gasteiger partial charge in [0, 0.05) is 0 Å². The molecule has 1 aliphatic heterocycles. The summed E-state index contributed by atoms with van der Waals surface area (Å²) in [7, 11) is 0. The molecule has 0 amide bonds. The van der Waals surface area contributed by atoms with Crippen LogP contribution < -0.4 is 0 Å². The van der Waals surface area contributed by atoms with Crippen molar-refractivity contribution in [2.24, 2.45) is 5.92 Å². The summed E-state index contributed by atoms with van der Waals surface area (Å²) < 4.78 is 4.99. The first-order chi connectivity index (χ1) is 7.27. The highest BCUT2D eigenvalue weighted by Gasteiger charge is 2.25. The Morgan fingerprint density at radius 3 is 2.73 bits per heavy atom. The SMILES string of the molecule is [C-]#[N+]CCN1CCC(C(=O)OCC)CC1. The molecular weight excluding hydrogens is 192 g/mol. The topological polar surface area (TPSA) is 33.9 Å². The molecule has 0 aromatic carbocycles. The van der Waals surface area contributed by atoms with Crippen molar-refractivity contribution in [1.82, 2.24) is 4.90 Å². The zero-order chi connectivity index (χ0) is 11.1. The van der Waals surface area contributed by atoms with Gasteiger partial charge in [0.15, 0.2) is 0 Å². The van der Waals surface area contributed by atoms with Crippen LogP contribution in [0.1, 0.15) is 19.8 Å². The van der Waals surface area contributed by atoms with E-state index in [-0.39, 0.29) is 11.9 Å². The lowest BCUT2D eigenvalue weighted by atomic mass is 9.97. The monoisotopic (exact) mass is 210 g/mol. The standard InChI is InChI=1S/C11H18N2O2/c1-3-15-11(14)10-4-7-13(8-5-10)9-6-12-2/h10H,3-9H2,1H3. The molecule has 1 heterocycles. The number of rotatable bonds is 4. The second-order valence-electron chi connectivity index (χ2n) is 3.75. The van der Waals surface area contributed by atoms with Crippen molar-refractivity contribution in [3.63, 3.8) is 0 Å². The van der Waals surface area contributed by atoms with Gasteiger partial charge in [-0.25, -0.2) is 6.57 Å². The smallest absolute Gasteiger partial charge is 0.309 e. The molecule has 84 valence electrons. The summed E-state index contributed by atoms with van der Waals surface area (Å²) in [5, 5.41) is 0. The third kappa shape index (κ3) is 3.88. The molecule has 0 saturated carbocycles. The number of nitrogens with zero attached hydrogens (tertiary/aromatic N) is 2. The number of carbonyl (C=O) groups is 1. The second kappa shape index (κ2) is 6.41. The van der Waals surface area contributed by atoms with Crippen LogP contribution in [0.25, 0.3) is 4.85 Å². The fraction of sp³-hybridized carbons (Fsp3) is 0.818. The Balaban J connectivity index is 2.23. The molecule has 0 spiro atoms. The molecule has 0 radical (unpaired) electrons. The summed E-state index contributed by atoms with van der Waals surface area (Å²) in [6.07, 6.45) is 1.74. The molecule has 0 N–H and O–H groups in total. The van der Waals surface area contributed by atoms with E-state index in [0.29, 0.717) is 13.2 Å². The van der Waals surface area contributed by atoms with Crippen LogP contribution in [0.3, 0.4) is 0 Å². The highest BCUT2D eigenvalue weighted by atomic mass is 16.5. The first-order valence-electron chi connectivity index (χ1n) is 5.50. The number of hydrogen-bond donors (Lipinski definition) is 0. The van der Waals surface area contributed by atoms with Gasteiger partial charge in [0.25, 0.3) is 0 Å². The van der Waals surface area contributed by atoms with Gasteiger partial charge in [-0.15, -0.1) is 0 Å². The van der Waals surface area contributed by atoms with E-state index in [2.05, 4.69) is 9.74 Å². The Hall–Kier alpha value is -1.08. The van der Waals surface area contributed by atoms with Crippen molar-refractivity contribution in [1.29, 1.82) is 0 Å². The van der Waals surface area contributed by atoms with E-state index in [0.717, 1.165) is 32.5 Å². The van der Waals surface area contributed by atoms with E-state index in [1.807, 2.05) is 6.92 Å². The molecular formula is C11H18N2O2. The van der Waals surface area contributed by atoms with Gasteiger partial charge in [-0.3, -0.25) is 9.69 Å². The normalized spacial score (nSPS) is 18.4. The lowest BCUT2D eigenvalue weighted by molar-refractivity contribution is -0.149. The zero-order valence-electron chi connectivity index (χ0n) is 9.24. The summed E-state index contributed by atoms with van der Waals surface area (Å²) in [5.41, 5.74) is 0. The van der Waals surface area contributed by atoms with Gasteiger partial charge in [0.1, 0.15) is 0 Å². The maximum atomic E-state index is 11.4. The lowest BCUT2D eigenvalue weighted by Crippen LogP contribution is -2.38. The fourth-order valence-electron chi connectivity index (χ4n) is 1.84. The van der Waals surface area contributed by atoms with Crippen LogP contribution in [-0.4, -0.2) is 43.7 Å². The molecule has 1 fully saturated rings. The maximum Gasteiger partial charge on any atom is 0.309 e. The van der Waals surface area contributed by atoms with Crippen LogP contribution in [0.4, 0.5) is 0 Å². The number of likely N-dealkylation sites (tertiary alicyclic amines) is 1. The van der Waals surface area contributed by atoms with Crippen molar-refractivity contribution >= 4 is 5.97 Å². The first kappa shape index (κ1) is 12.0. The van der Waals surface area contributed by atoms with E-state index in [1.54, 1.807) is 0 Å². The van der Waals surface area contributed by atoms with Gasteiger partial charge in [0.05, 0.1) is 19.1 Å². The van der Waals surface area contributed by atoms with Crippen LogP contribution in [0.2, 0.25) is 0 Å². The van der Waals surface area contributed by atoms with Gasteiger partial charge in [0.2, 0.25) is 6.54 Å². The minimum atomic E-state index is -0.0534. The molecule has 15 heavy (non-hydrogen) atoms. The molecule has 1 rings (SSSR count). The number of ether oxygens (including phenoxy) is 1. The molecule has 4 heteroatoms. The van der Waals surface area contributed by atoms with Crippen LogP contribution in [0.5, 0.6) is 0 Å². The van der Waals surface area contributed by atoms with Crippen LogP contribution in [0, 0.1) is 12.5 Å². The van der Waals surface area contributed by atoms with Crippen molar-refractivity contribution in [2.75, 3.05) is 32.8 Å². The predicted octanol–water partition coefficient (Wildman–Crippen LogP) is 1.18. The van der Waals surface area contributed by atoms with Gasteiger partial charge in [-0.1, -0.05) is 0 Å². The first-order valence-corrected chi connectivity index (χ1v) is 5.50. The Morgan fingerprint density at radius 1 is 1.53 bits per heavy atom. The number of carbonyl (C=O) groups excluding carboxylic acids is 1. The average Bonchev–Trinajstić information content (AvgIpc) is 2.27. The molecule has 0 unspecified atom stereocenters. The lowest BCUT2D eigenvalue weighted by Gasteiger charge is -2.29. The van der Waals surface area contributed by atoms with Crippen molar-refractivity contribution in [2.45, 2.75) is 19.8 Å². The van der Waals surface area contributed by atoms with E-state index in [9.17, 15) is 4.79 Å². The van der Waals surface area contributed by atoms with E-state index >= 15 is 0 Å². The Kier molecular flexibility index (Phi) is 5.13. The molecule has 4 nitrogen and oxygen atoms in total. The summed E-state index contributed by atoms with van der Waals surface area (Å²) in [6, 6.07) is 0. The van der Waals surface area contributed by atoms with Crippen LogP contribution >= 0.6 is 0 Å². The molecule has 0 aromatic rings. The van der Waals surface area contributed by atoms with Crippen LogP contribution in [-0.2, 0) is 9.53 Å². The Bertz CT molecular complexity index is 239. The predicted molar refractivity (Wildman–Crippen MR) is 57.3 cm³/mol. The largest absolute Gasteiger partial charge is 0.466 e. The maximum absolute atomic E-state index is 11.4. The number of piperidine rings is 1. The molecule has 1 saturated heterocycles. The quantitative estimate of drug-likeness (QED) is 0.516. The third-order valence-corrected chi connectivity index (χ3v) is 2.74. The highest BCUT2D eigenvalue weighted by molar-refractivity contribution is 5.72. The van der Waals surface area contributed by atoms with E-state index < -0.39 is 0 Å².